The molecule has 0 atom stereocenters. The molecule has 0 fully saturated rings. The lowest BCUT2D eigenvalue weighted by Crippen LogP contribution is -2.25. The van der Waals surface area contributed by atoms with E-state index in [-0.39, 0.29) is 5.41 Å². The fraction of sp³-hybridized carbons (Fsp3) is 0.0233. The smallest absolute Gasteiger partial charge is 0.0726 e. The van der Waals surface area contributed by atoms with E-state index in [0.29, 0.717) is 0 Å². The molecule has 0 radical (unpaired) electrons. The number of anilines is 2. The molecule has 1 aromatic heterocycles. The Hall–Kier alpha value is -5.44. The van der Waals surface area contributed by atoms with Crippen molar-refractivity contribution in [2.45, 2.75) is 5.41 Å². The van der Waals surface area contributed by atoms with Crippen LogP contribution in [0.1, 0.15) is 22.3 Å². The van der Waals surface area contributed by atoms with E-state index < -0.39 is 0 Å². The van der Waals surface area contributed by atoms with Crippen molar-refractivity contribution in [1.29, 1.82) is 0 Å². The maximum Gasteiger partial charge on any atom is 0.0726 e. The first-order valence-corrected chi connectivity index (χ1v) is 16.3. The second-order valence-corrected chi connectivity index (χ2v) is 13.2. The number of rotatable bonds is 3. The van der Waals surface area contributed by atoms with Crippen molar-refractivity contribution in [2.24, 2.45) is 0 Å². The normalized spacial score (nSPS) is 13.5. The summed E-state index contributed by atoms with van der Waals surface area (Å²) in [7, 11) is 0. The second-order valence-electron chi connectivity index (χ2n) is 12.1. The summed E-state index contributed by atoms with van der Waals surface area (Å²) in [5, 5.41) is 6.50. The standard InChI is InChI=1S/C43H27NS/c1-2-11-27(12-3-1)28-21-24-40-34(25-28)32-23-22-29(26-41(32)45-40)44-39-20-10-19-38-42(39)33-15-6-9-18-37(33)43(38)35-16-7-4-13-30(35)31-14-5-8-17-36(31)43/h1-26,44H. The minimum Gasteiger partial charge on any atom is -0.355 e. The van der Waals surface area contributed by atoms with Crippen LogP contribution in [0.15, 0.2) is 158 Å². The molecular weight excluding hydrogens is 563 g/mol. The second kappa shape index (κ2) is 9.28. The van der Waals surface area contributed by atoms with Gasteiger partial charge in [-0.1, -0.05) is 127 Å². The van der Waals surface area contributed by atoms with E-state index in [1.165, 1.54) is 75.8 Å². The van der Waals surface area contributed by atoms with E-state index in [4.69, 9.17) is 0 Å². The zero-order chi connectivity index (χ0) is 29.5. The van der Waals surface area contributed by atoms with Crippen LogP contribution in [0, 0.1) is 0 Å². The van der Waals surface area contributed by atoms with Gasteiger partial charge in [0.05, 0.1) is 5.41 Å². The first-order chi connectivity index (χ1) is 22.3. The largest absolute Gasteiger partial charge is 0.355 e. The van der Waals surface area contributed by atoms with Gasteiger partial charge < -0.3 is 5.32 Å². The van der Waals surface area contributed by atoms with Crippen LogP contribution in [0.5, 0.6) is 0 Å². The minimum absolute atomic E-state index is 0.331. The SMILES string of the molecule is c1ccc(-c2ccc3sc4cc(Nc5cccc6c5-c5ccccc5C65c6ccccc6-c6ccccc65)ccc4c3c2)cc1. The molecule has 0 saturated heterocycles. The van der Waals surface area contributed by atoms with Gasteiger partial charge in [-0.05, 0) is 80.4 Å². The van der Waals surface area contributed by atoms with Crippen LogP contribution in [0.4, 0.5) is 11.4 Å². The molecule has 2 aliphatic carbocycles. The summed E-state index contributed by atoms with van der Waals surface area (Å²) < 4.78 is 2.61. The Morgan fingerprint density at radius 1 is 0.422 bits per heavy atom. The lowest BCUT2D eigenvalue weighted by molar-refractivity contribution is 0.794. The highest BCUT2D eigenvalue weighted by atomic mass is 32.1. The summed E-state index contributed by atoms with van der Waals surface area (Å²) in [6.07, 6.45) is 0. The number of hydrogen-bond donors (Lipinski definition) is 1. The maximum atomic E-state index is 3.88. The molecule has 2 aliphatic rings. The molecule has 210 valence electrons. The van der Waals surface area contributed by atoms with Crippen molar-refractivity contribution in [3.8, 4) is 33.4 Å². The molecule has 0 bridgehead atoms. The van der Waals surface area contributed by atoms with Crippen LogP contribution in [-0.2, 0) is 5.41 Å². The quantitative estimate of drug-likeness (QED) is 0.216. The Bertz CT molecular complexity index is 2420. The molecule has 8 aromatic rings. The van der Waals surface area contributed by atoms with Crippen molar-refractivity contribution >= 4 is 42.9 Å². The van der Waals surface area contributed by atoms with E-state index in [9.17, 15) is 0 Å². The summed E-state index contributed by atoms with van der Waals surface area (Å²) in [6, 6.07) is 58.1. The van der Waals surface area contributed by atoms with E-state index in [0.717, 1.165) is 11.4 Å². The number of nitrogens with one attached hydrogen (secondary N) is 1. The predicted molar refractivity (Wildman–Crippen MR) is 191 cm³/mol. The average Bonchev–Trinajstić information content (AvgIpc) is 3.72. The minimum atomic E-state index is -0.331. The van der Waals surface area contributed by atoms with Gasteiger partial charge in [0.1, 0.15) is 0 Å². The first-order valence-electron chi connectivity index (χ1n) is 15.5. The highest BCUT2D eigenvalue weighted by Crippen LogP contribution is 2.63. The number of thiophene rings is 1. The molecule has 7 aromatic carbocycles. The topological polar surface area (TPSA) is 12.0 Å². The zero-order valence-electron chi connectivity index (χ0n) is 24.4. The monoisotopic (exact) mass is 589 g/mol. The predicted octanol–water partition coefficient (Wildman–Crippen LogP) is 11.8. The molecule has 45 heavy (non-hydrogen) atoms. The van der Waals surface area contributed by atoms with Crippen molar-refractivity contribution in [2.75, 3.05) is 5.32 Å². The Balaban J connectivity index is 1.13. The van der Waals surface area contributed by atoms with Crippen LogP contribution in [0.2, 0.25) is 0 Å². The van der Waals surface area contributed by atoms with Gasteiger partial charge in [0.25, 0.3) is 0 Å². The molecule has 0 aliphatic heterocycles. The number of benzene rings is 7. The molecule has 0 saturated carbocycles. The number of hydrogen-bond acceptors (Lipinski definition) is 2. The third-order valence-electron chi connectivity index (χ3n) is 9.88. The molecule has 0 amide bonds. The summed E-state index contributed by atoms with van der Waals surface area (Å²) >= 11 is 1.86. The van der Waals surface area contributed by atoms with Crippen LogP contribution in [-0.4, -0.2) is 0 Å². The van der Waals surface area contributed by atoms with Crippen molar-refractivity contribution in [3.63, 3.8) is 0 Å². The molecule has 1 heterocycles. The van der Waals surface area contributed by atoms with Crippen LogP contribution >= 0.6 is 11.3 Å². The van der Waals surface area contributed by atoms with Gasteiger partial charge in [-0.15, -0.1) is 11.3 Å². The molecule has 1 N–H and O–H groups in total. The van der Waals surface area contributed by atoms with E-state index in [2.05, 4.69) is 163 Å². The molecule has 10 rings (SSSR count). The summed E-state index contributed by atoms with van der Waals surface area (Å²) in [5.74, 6) is 0. The van der Waals surface area contributed by atoms with Gasteiger partial charge in [0.2, 0.25) is 0 Å². The van der Waals surface area contributed by atoms with Crippen molar-refractivity contribution in [1.82, 2.24) is 0 Å². The van der Waals surface area contributed by atoms with Crippen LogP contribution in [0.25, 0.3) is 53.6 Å². The van der Waals surface area contributed by atoms with Gasteiger partial charge in [-0.3, -0.25) is 0 Å². The molecule has 1 nitrogen and oxygen atoms in total. The van der Waals surface area contributed by atoms with Crippen LogP contribution in [0.3, 0.4) is 0 Å². The van der Waals surface area contributed by atoms with E-state index >= 15 is 0 Å². The van der Waals surface area contributed by atoms with Gasteiger partial charge in [0.15, 0.2) is 0 Å². The van der Waals surface area contributed by atoms with Gasteiger partial charge in [-0.25, -0.2) is 0 Å². The van der Waals surface area contributed by atoms with Gasteiger partial charge >= 0.3 is 0 Å². The fourth-order valence-electron chi connectivity index (χ4n) is 8.07. The summed E-state index contributed by atoms with van der Waals surface area (Å²) in [6.45, 7) is 0. The molecular formula is C43H27NS. The van der Waals surface area contributed by atoms with Crippen molar-refractivity contribution < 1.29 is 0 Å². The maximum absolute atomic E-state index is 3.88. The Morgan fingerprint density at radius 2 is 1.07 bits per heavy atom. The highest BCUT2D eigenvalue weighted by Gasteiger charge is 2.51. The lowest BCUT2D eigenvalue weighted by Gasteiger charge is -2.30. The third-order valence-corrected chi connectivity index (χ3v) is 11.0. The molecule has 0 unspecified atom stereocenters. The Morgan fingerprint density at radius 3 is 1.82 bits per heavy atom. The molecule has 2 heteroatoms. The summed E-state index contributed by atoms with van der Waals surface area (Å²) in [4.78, 5) is 0. The zero-order valence-corrected chi connectivity index (χ0v) is 25.2. The van der Waals surface area contributed by atoms with Gasteiger partial charge in [-0.2, -0.15) is 0 Å². The van der Waals surface area contributed by atoms with Gasteiger partial charge in [0, 0.05) is 37.1 Å². The van der Waals surface area contributed by atoms with Crippen molar-refractivity contribution in [3.05, 3.63) is 180 Å². The Labute approximate surface area is 266 Å². The fourth-order valence-corrected chi connectivity index (χ4v) is 9.19. The van der Waals surface area contributed by atoms with Crippen LogP contribution < -0.4 is 5.32 Å². The lowest BCUT2D eigenvalue weighted by atomic mass is 9.70. The molecule has 1 spiro atoms. The van der Waals surface area contributed by atoms with E-state index in [1.807, 2.05) is 11.3 Å². The summed E-state index contributed by atoms with van der Waals surface area (Å²) in [5.41, 5.74) is 15.1. The average molecular weight is 590 g/mol. The van der Waals surface area contributed by atoms with E-state index in [1.54, 1.807) is 0 Å². The Kier molecular flexibility index (Phi) is 5.14. The highest BCUT2D eigenvalue weighted by molar-refractivity contribution is 7.25. The third kappa shape index (κ3) is 3.38. The first kappa shape index (κ1) is 24.9. The number of fused-ring (bicyclic) bond motifs is 13.